The minimum atomic E-state index is -0.868. The largest absolute Gasteiger partial charge is 0.481 e. The zero-order valence-corrected chi connectivity index (χ0v) is 11.7. The maximum Gasteiger partial charge on any atom is 0.410 e. The van der Waals surface area contributed by atoms with Gasteiger partial charge in [-0.25, -0.2) is 4.79 Å². The predicted molar refractivity (Wildman–Crippen MR) is 67.4 cm³/mol. The molecule has 1 amide bonds. The summed E-state index contributed by atoms with van der Waals surface area (Å²) in [6.07, 6.45) is 1.82. The number of likely N-dealkylation sites (tertiary alicyclic amines) is 1. The molecule has 0 spiro atoms. The van der Waals surface area contributed by atoms with Crippen molar-refractivity contribution in [2.24, 2.45) is 5.41 Å². The number of carbonyl (C=O) groups is 2. The zero-order chi connectivity index (χ0) is 14.0. The van der Waals surface area contributed by atoms with E-state index in [9.17, 15) is 14.7 Å². The summed E-state index contributed by atoms with van der Waals surface area (Å²) in [5, 5.41) is 9.28. The minimum absolute atomic E-state index is 0.219. The summed E-state index contributed by atoms with van der Waals surface area (Å²) in [4.78, 5) is 24.8. The van der Waals surface area contributed by atoms with Crippen LogP contribution in [0, 0.1) is 5.41 Å². The fraction of sp³-hybridized carbons (Fsp3) is 0.846. The van der Waals surface area contributed by atoms with Gasteiger partial charge in [0.1, 0.15) is 5.60 Å². The minimum Gasteiger partial charge on any atom is -0.481 e. The molecular weight excluding hydrogens is 234 g/mol. The van der Waals surface area contributed by atoms with Gasteiger partial charge in [-0.15, -0.1) is 0 Å². The second-order valence-corrected chi connectivity index (χ2v) is 6.22. The number of hydrogen-bond acceptors (Lipinski definition) is 3. The van der Waals surface area contributed by atoms with Crippen LogP contribution >= 0.6 is 0 Å². The van der Waals surface area contributed by atoms with Crippen LogP contribution in [0.5, 0.6) is 0 Å². The topological polar surface area (TPSA) is 66.8 Å². The number of hydrogen-bond donors (Lipinski definition) is 1. The van der Waals surface area contributed by atoms with Gasteiger partial charge in [-0.1, -0.05) is 6.42 Å². The van der Waals surface area contributed by atoms with Gasteiger partial charge in [-0.3, -0.25) is 4.79 Å². The Morgan fingerprint density at radius 2 is 1.89 bits per heavy atom. The molecule has 1 atom stereocenters. The lowest BCUT2D eigenvalue weighted by atomic mass is 9.86. The zero-order valence-electron chi connectivity index (χ0n) is 11.7. The third-order valence-corrected chi connectivity index (χ3v) is 3.11. The average Bonchev–Trinajstić information content (AvgIpc) is 2.38. The summed E-state index contributed by atoms with van der Waals surface area (Å²) in [6.45, 7) is 7.89. The molecule has 0 saturated carbocycles. The van der Waals surface area contributed by atoms with E-state index in [1.54, 1.807) is 27.7 Å². The summed E-state index contributed by atoms with van der Waals surface area (Å²) in [5.41, 5.74) is -1.42. The molecule has 0 aromatic carbocycles. The van der Waals surface area contributed by atoms with E-state index >= 15 is 0 Å². The Kier molecular flexibility index (Phi) is 4.24. The van der Waals surface area contributed by atoms with Gasteiger partial charge in [-0.05, 0) is 40.5 Å². The van der Waals surface area contributed by atoms with Gasteiger partial charge in [0.05, 0.1) is 5.41 Å². The molecule has 18 heavy (non-hydrogen) atoms. The SMILES string of the molecule is CC(C)(C)OC(=O)N1CCCCC(C)(C(=O)O)C1. The van der Waals surface area contributed by atoms with Crippen LogP contribution in [-0.4, -0.2) is 40.8 Å². The summed E-state index contributed by atoms with van der Waals surface area (Å²) in [6, 6.07) is 0. The van der Waals surface area contributed by atoms with Gasteiger partial charge in [0.25, 0.3) is 0 Å². The Morgan fingerprint density at radius 1 is 1.28 bits per heavy atom. The third kappa shape index (κ3) is 3.89. The Hall–Kier alpha value is -1.26. The second-order valence-electron chi connectivity index (χ2n) is 6.22. The normalized spacial score (nSPS) is 25.4. The van der Waals surface area contributed by atoms with Gasteiger partial charge in [0.2, 0.25) is 0 Å². The smallest absolute Gasteiger partial charge is 0.410 e. The van der Waals surface area contributed by atoms with Gasteiger partial charge in [0, 0.05) is 13.1 Å². The van der Waals surface area contributed by atoms with E-state index in [0.29, 0.717) is 13.0 Å². The molecule has 1 saturated heterocycles. The maximum atomic E-state index is 12.0. The van der Waals surface area contributed by atoms with Crippen molar-refractivity contribution in [2.75, 3.05) is 13.1 Å². The monoisotopic (exact) mass is 257 g/mol. The van der Waals surface area contributed by atoms with Crippen LogP contribution in [0.2, 0.25) is 0 Å². The van der Waals surface area contributed by atoms with Crippen molar-refractivity contribution in [3.05, 3.63) is 0 Å². The van der Waals surface area contributed by atoms with Crippen LogP contribution in [0.1, 0.15) is 47.0 Å². The van der Waals surface area contributed by atoms with Crippen molar-refractivity contribution in [1.82, 2.24) is 4.90 Å². The van der Waals surface area contributed by atoms with E-state index < -0.39 is 23.1 Å². The van der Waals surface area contributed by atoms with Crippen molar-refractivity contribution in [1.29, 1.82) is 0 Å². The number of carboxylic acids is 1. The van der Waals surface area contributed by atoms with E-state index in [2.05, 4.69) is 0 Å². The number of nitrogens with zero attached hydrogens (tertiary/aromatic N) is 1. The number of carboxylic acid groups (broad SMARTS) is 1. The number of ether oxygens (including phenoxy) is 1. The molecule has 1 fully saturated rings. The number of aliphatic carboxylic acids is 1. The lowest BCUT2D eigenvalue weighted by molar-refractivity contribution is -0.148. The molecular formula is C13H23NO4. The van der Waals surface area contributed by atoms with Crippen LogP contribution in [0.15, 0.2) is 0 Å². The number of amides is 1. The first kappa shape index (κ1) is 14.8. The van der Waals surface area contributed by atoms with Crippen molar-refractivity contribution in [3.8, 4) is 0 Å². The van der Waals surface area contributed by atoms with Gasteiger partial charge in [-0.2, -0.15) is 0 Å². The summed E-state index contributed by atoms with van der Waals surface area (Å²) < 4.78 is 5.30. The molecule has 1 N–H and O–H groups in total. The molecule has 1 aliphatic heterocycles. The summed E-state index contributed by atoms with van der Waals surface area (Å²) >= 11 is 0. The van der Waals surface area contributed by atoms with Crippen molar-refractivity contribution in [2.45, 2.75) is 52.6 Å². The Labute approximate surface area is 108 Å². The van der Waals surface area contributed by atoms with E-state index in [1.165, 1.54) is 4.90 Å². The Morgan fingerprint density at radius 3 is 2.39 bits per heavy atom. The average molecular weight is 257 g/mol. The lowest BCUT2D eigenvalue weighted by Crippen LogP contribution is -2.44. The first-order valence-electron chi connectivity index (χ1n) is 6.35. The summed E-state index contributed by atoms with van der Waals surface area (Å²) in [7, 11) is 0. The summed E-state index contributed by atoms with van der Waals surface area (Å²) in [5.74, 6) is -0.849. The van der Waals surface area contributed by atoms with Crippen molar-refractivity contribution in [3.63, 3.8) is 0 Å². The molecule has 104 valence electrons. The van der Waals surface area contributed by atoms with E-state index in [-0.39, 0.29) is 6.54 Å². The number of rotatable bonds is 1. The molecule has 5 nitrogen and oxygen atoms in total. The molecule has 1 heterocycles. The highest BCUT2D eigenvalue weighted by molar-refractivity contribution is 5.76. The van der Waals surface area contributed by atoms with E-state index in [0.717, 1.165) is 12.8 Å². The molecule has 0 radical (unpaired) electrons. The highest BCUT2D eigenvalue weighted by Crippen LogP contribution is 2.29. The Bertz CT molecular complexity index is 334. The van der Waals surface area contributed by atoms with Gasteiger partial charge in [0.15, 0.2) is 0 Å². The molecule has 1 aliphatic rings. The molecule has 5 heteroatoms. The van der Waals surface area contributed by atoms with E-state index in [1.807, 2.05) is 0 Å². The second kappa shape index (κ2) is 5.16. The van der Waals surface area contributed by atoms with Crippen LogP contribution in [-0.2, 0) is 9.53 Å². The van der Waals surface area contributed by atoms with Crippen molar-refractivity contribution < 1.29 is 19.4 Å². The number of carbonyl (C=O) groups excluding carboxylic acids is 1. The quantitative estimate of drug-likeness (QED) is 0.783. The Balaban J connectivity index is 2.76. The first-order chi connectivity index (χ1) is 8.14. The van der Waals surface area contributed by atoms with Crippen LogP contribution in [0.25, 0.3) is 0 Å². The molecule has 0 aliphatic carbocycles. The molecule has 0 aromatic rings. The molecule has 1 rings (SSSR count). The van der Waals surface area contributed by atoms with Crippen LogP contribution < -0.4 is 0 Å². The van der Waals surface area contributed by atoms with Crippen LogP contribution in [0.4, 0.5) is 4.79 Å². The molecule has 0 bridgehead atoms. The highest BCUT2D eigenvalue weighted by atomic mass is 16.6. The lowest BCUT2D eigenvalue weighted by Gasteiger charge is -2.31. The molecule has 0 aromatic heterocycles. The van der Waals surface area contributed by atoms with Crippen molar-refractivity contribution >= 4 is 12.1 Å². The fourth-order valence-electron chi connectivity index (χ4n) is 2.05. The third-order valence-electron chi connectivity index (χ3n) is 3.11. The fourth-order valence-corrected chi connectivity index (χ4v) is 2.05. The highest BCUT2D eigenvalue weighted by Gasteiger charge is 2.38. The van der Waals surface area contributed by atoms with Gasteiger partial charge < -0.3 is 14.7 Å². The van der Waals surface area contributed by atoms with E-state index in [4.69, 9.17) is 4.74 Å². The predicted octanol–water partition coefficient (Wildman–Crippen LogP) is 2.50. The first-order valence-corrected chi connectivity index (χ1v) is 6.35. The van der Waals surface area contributed by atoms with Crippen LogP contribution in [0.3, 0.4) is 0 Å². The maximum absolute atomic E-state index is 12.0. The standard InChI is InChI=1S/C13H23NO4/c1-12(2,3)18-11(17)14-8-6-5-7-13(4,9-14)10(15)16/h5-9H2,1-4H3,(H,15,16). The molecule has 1 unspecified atom stereocenters. The van der Waals surface area contributed by atoms with Gasteiger partial charge >= 0.3 is 12.1 Å².